The van der Waals surface area contributed by atoms with E-state index in [0.29, 0.717) is 6.61 Å². The molecule has 0 saturated carbocycles. The van der Waals surface area contributed by atoms with Crippen LogP contribution in [0.2, 0.25) is 5.02 Å². The van der Waals surface area contributed by atoms with Gasteiger partial charge >= 0.3 is 0 Å². The second kappa shape index (κ2) is 10.1. The molecule has 3 aromatic carbocycles. The Hall–Kier alpha value is -1.59. The molecule has 0 aliphatic rings. The molecule has 3 rings (SSSR count). The van der Waals surface area contributed by atoms with Crippen molar-refractivity contribution in [3.8, 4) is 0 Å². The van der Waals surface area contributed by atoms with Gasteiger partial charge in [-0.2, -0.15) is 0 Å². The van der Waals surface area contributed by atoms with Gasteiger partial charge in [-0.25, -0.2) is 0 Å². The first kappa shape index (κ1) is 20.1. The van der Waals surface area contributed by atoms with Gasteiger partial charge in [0.2, 0.25) is 0 Å². The van der Waals surface area contributed by atoms with E-state index in [4.69, 9.17) is 16.3 Å². The van der Waals surface area contributed by atoms with Gasteiger partial charge in [0.25, 0.3) is 0 Å². The number of rotatable bonds is 8. The Morgan fingerprint density at radius 3 is 2.56 bits per heavy atom. The van der Waals surface area contributed by atoms with Gasteiger partial charge < -0.3 is 10.1 Å². The quantitative estimate of drug-likeness (QED) is 0.360. The molecule has 0 spiro atoms. The van der Waals surface area contributed by atoms with E-state index in [9.17, 15) is 0 Å². The van der Waals surface area contributed by atoms with Crippen LogP contribution in [0, 0.1) is 0 Å². The summed E-state index contributed by atoms with van der Waals surface area (Å²) in [6.45, 7) is 2.75. The Bertz CT molecular complexity index is 886. The predicted octanol–water partition coefficient (Wildman–Crippen LogP) is 5.38. The Morgan fingerprint density at radius 2 is 1.81 bits per heavy atom. The summed E-state index contributed by atoms with van der Waals surface area (Å²) in [6.07, 6.45) is 1.79. The molecular weight excluding hydrogens is 438 g/mol. The van der Waals surface area contributed by atoms with Crippen LogP contribution in [0.15, 0.2) is 71.2 Å². The molecule has 0 aliphatic carbocycles. The third-order valence-corrected chi connectivity index (χ3v) is 6.75. The number of halogens is 2. The first-order valence-corrected chi connectivity index (χ1v) is 12.0. The normalized spacial score (nSPS) is 11.2. The molecule has 0 saturated heterocycles. The monoisotopic (exact) mass is 459 g/mol. The molecule has 0 unspecified atom stereocenters. The summed E-state index contributed by atoms with van der Waals surface area (Å²) in [7, 11) is -0.460. The van der Waals surface area contributed by atoms with Crippen LogP contribution in [-0.2, 0) is 17.8 Å². The number of hydrogen-bond donors (Lipinski definition) is 1. The molecule has 0 amide bonds. The maximum atomic E-state index is 6.30. The van der Waals surface area contributed by atoms with Gasteiger partial charge in [0, 0.05) is 27.1 Å². The second-order valence-corrected chi connectivity index (χ2v) is 9.46. The molecule has 0 bridgehead atoms. The molecule has 27 heavy (non-hydrogen) atoms. The summed E-state index contributed by atoms with van der Waals surface area (Å²) in [5.41, 5.74) is 4.52. The molecule has 5 heteroatoms. The van der Waals surface area contributed by atoms with Crippen LogP contribution in [0.3, 0.4) is 0 Å². The summed E-state index contributed by atoms with van der Waals surface area (Å²) in [5, 5.41) is 5.66. The van der Waals surface area contributed by atoms with Crippen LogP contribution >= 0.6 is 27.5 Å². The zero-order valence-corrected chi connectivity index (χ0v) is 19.1. The van der Waals surface area contributed by atoms with Gasteiger partial charge in [0.1, 0.15) is 0 Å². The third kappa shape index (κ3) is 6.21. The summed E-state index contributed by atoms with van der Waals surface area (Å²) in [5.74, 6) is 0. The fourth-order valence-corrected chi connectivity index (χ4v) is 4.74. The van der Waals surface area contributed by atoms with E-state index in [-0.39, 0.29) is 0 Å². The Kier molecular flexibility index (Phi) is 7.53. The van der Waals surface area contributed by atoms with Gasteiger partial charge in [-0.3, -0.25) is 0 Å². The van der Waals surface area contributed by atoms with Gasteiger partial charge in [-0.1, -0.05) is 63.9 Å². The molecule has 0 atom stereocenters. The summed E-state index contributed by atoms with van der Waals surface area (Å²) >= 11 is 9.76. The van der Waals surface area contributed by atoms with Crippen molar-refractivity contribution >= 4 is 53.6 Å². The zero-order valence-electron chi connectivity index (χ0n) is 15.3. The van der Waals surface area contributed by atoms with Crippen molar-refractivity contribution in [3.05, 3.63) is 87.4 Å². The van der Waals surface area contributed by atoms with Crippen molar-refractivity contribution in [2.45, 2.75) is 20.0 Å². The topological polar surface area (TPSA) is 21.3 Å². The van der Waals surface area contributed by atoms with E-state index in [1.165, 1.54) is 16.3 Å². The van der Waals surface area contributed by atoms with Crippen molar-refractivity contribution in [2.75, 3.05) is 11.5 Å². The van der Waals surface area contributed by atoms with Crippen LogP contribution in [-0.4, -0.2) is 15.7 Å². The van der Waals surface area contributed by atoms with Gasteiger partial charge in [0.05, 0.1) is 16.1 Å². The molecular formula is C22H23BrClNOSi. The van der Waals surface area contributed by atoms with Crippen molar-refractivity contribution in [1.82, 2.24) is 0 Å². The van der Waals surface area contributed by atoms with Crippen LogP contribution < -0.4 is 10.5 Å². The van der Waals surface area contributed by atoms with E-state index < -0.39 is 9.52 Å². The van der Waals surface area contributed by atoms with Gasteiger partial charge in [0.15, 0.2) is 0 Å². The van der Waals surface area contributed by atoms with E-state index in [0.717, 1.165) is 33.5 Å². The minimum absolute atomic E-state index is 0.460. The van der Waals surface area contributed by atoms with Gasteiger partial charge in [-0.15, -0.1) is 0 Å². The average molecular weight is 461 g/mol. The highest BCUT2D eigenvalue weighted by Gasteiger charge is 2.02. The Morgan fingerprint density at radius 1 is 1.00 bits per heavy atom. The number of nitrogens with one attached hydrogen (secondary N) is 1. The molecule has 0 heterocycles. The van der Waals surface area contributed by atoms with Crippen molar-refractivity contribution < 1.29 is 4.74 Å². The van der Waals surface area contributed by atoms with Crippen molar-refractivity contribution in [2.24, 2.45) is 0 Å². The first-order chi connectivity index (χ1) is 13.1. The van der Waals surface area contributed by atoms with E-state index >= 15 is 0 Å². The Balaban J connectivity index is 1.49. The molecule has 2 nitrogen and oxygen atoms in total. The molecule has 0 aromatic heterocycles. The van der Waals surface area contributed by atoms with Crippen LogP contribution in [0.4, 0.5) is 11.4 Å². The van der Waals surface area contributed by atoms with Crippen LogP contribution in [0.5, 0.6) is 0 Å². The van der Waals surface area contributed by atoms with Crippen molar-refractivity contribution in [1.29, 1.82) is 0 Å². The standard InChI is InChI=1S/C22H23BrClNOSi/c1-2-17-6-11-21(13-22(17)24)27-15-26-14-16-4-3-5-20(12-16)25-19-9-7-18(23)8-10-19/h3-13,25H,2,14-15,27H2,1H3. The molecule has 1 N–H and O–H groups in total. The number of hydrogen-bond acceptors (Lipinski definition) is 2. The molecule has 3 aromatic rings. The van der Waals surface area contributed by atoms with Gasteiger partial charge in [-0.05, 0) is 60.0 Å². The van der Waals surface area contributed by atoms with E-state index in [1.807, 2.05) is 24.3 Å². The lowest BCUT2D eigenvalue weighted by Crippen LogP contribution is -2.19. The summed E-state index contributed by atoms with van der Waals surface area (Å²) < 4.78 is 7.00. The third-order valence-electron chi connectivity index (χ3n) is 4.36. The number of anilines is 2. The summed E-state index contributed by atoms with van der Waals surface area (Å²) in [6, 6.07) is 23.0. The minimum atomic E-state index is -0.460. The summed E-state index contributed by atoms with van der Waals surface area (Å²) in [4.78, 5) is 0. The van der Waals surface area contributed by atoms with E-state index in [1.54, 1.807) is 0 Å². The SMILES string of the molecule is CCc1ccc([SiH2]COCc2cccc(Nc3ccc(Br)cc3)c2)cc1Cl. The number of aryl methyl sites for hydroxylation is 1. The Labute approximate surface area is 176 Å². The molecule has 0 fully saturated rings. The highest BCUT2D eigenvalue weighted by molar-refractivity contribution is 9.10. The predicted molar refractivity (Wildman–Crippen MR) is 123 cm³/mol. The maximum absolute atomic E-state index is 6.30. The second-order valence-electron chi connectivity index (χ2n) is 6.41. The maximum Gasteiger partial charge on any atom is 0.0849 e. The highest BCUT2D eigenvalue weighted by atomic mass is 79.9. The number of ether oxygens (including phenoxy) is 1. The lowest BCUT2D eigenvalue weighted by molar-refractivity contribution is 0.164. The smallest absolute Gasteiger partial charge is 0.0849 e. The number of benzene rings is 3. The lowest BCUT2D eigenvalue weighted by atomic mass is 10.2. The first-order valence-electron chi connectivity index (χ1n) is 9.10. The zero-order chi connectivity index (χ0) is 19.1. The highest BCUT2D eigenvalue weighted by Crippen LogP contribution is 2.20. The fourth-order valence-electron chi connectivity index (χ4n) is 2.85. The van der Waals surface area contributed by atoms with Crippen LogP contribution in [0.25, 0.3) is 0 Å². The fraction of sp³-hybridized carbons (Fsp3) is 0.182. The van der Waals surface area contributed by atoms with Crippen molar-refractivity contribution in [3.63, 3.8) is 0 Å². The average Bonchev–Trinajstić information content (AvgIpc) is 2.68. The molecule has 140 valence electrons. The largest absolute Gasteiger partial charge is 0.380 e. The lowest BCUT2D eigenvalue weighted by Gasteiger charge is -2.10. The molecule has 0 aliphatic heterocycles. The minimum Gasteiger partial charge on any atom is -0.380 e. The van der Waals surface area contributed by atoms with E-state index in [2.05, 4.69) is 70.6 Å². The molecule has 0 radical (unpaired) electrons. The van der Waals surface area contributed by atoms with Crippen LogP contribution in [0.1, 0.15) is 18.1 Å².